The van der Waals surface area contributed by atoms with Crippen molar-refractivity contribution >= 4 is 17.3 Å². The zero-order valence-electron chi connectivity index (χ0n) is 10.5. The molecule has 0 aliphatic carbocycles. The van der Waals surface area contributed by atoms with Crippen LogP contribution in [0.2, 0.25) is 0 Å². The number of furan rings is 1. The van der Waals surface area contributed by atoms with Gasteiger partial charge in [0, 0.05) is 25.5 Å². The van der Waals surface area contributed by atoms with Crippen LogP contribution in [0.4, 0.5) is 11.4 Å². The molecule has 4 heteroatoms. The SMILES string of the molecule is CN(C)c1ccc(NC(=O)Cc2ccco2)cc1. The second kappa shape index (κ2) is 5.40. The second-order valence-corrected chi connectivity index (χ2v) is 4.25. The molecule has 2 rings (SSSR count). The first-order valence-corrected chi connectivity index (χ1v) is 5.75. The average Bonchev–Trinajstić information content (AvgIpc) is 2.82. The van der Waals surface area contributed by atoms with E-state index in [2.05, 4.69) is 5.32 Å². The highest BCUT2D eigenvalue weighted by Crippen LogP contribution is 2.15. The maximum atomic E-state index is 11.7. The standard InChI is InChI=1S/C14H16N2O2/c1-16(2)12-7-5-11(6-8-12)15-14(17)10-13-4-3-9-18-13/h3-9H,10H2,1-2H3,(H,15,17). The number of hydrogen-bond donors (Lipinski definition) is 1. The summed E-state index contributed by atoms with van der Waals surface area (Å²) in [5.74, 6) is 0.583. The Morgan fingerprint density at radius 1 is 1.22 bits per heavy atom. The maximum Gasteiger partial charge on any atom is 0.231 e. The summed E-state index contributed by atoms with van der Waals surface area (Å²) >= 11 is 0. The van der Waals surface area contributed by atoms with Crippen LogP contribution in [0.15, 0.2) is 47.1 Å². The Morgan fingerprint density at radius 3 is 2.50 bits per heavy atom. The zero-order chi connectivity index (χ0) is 13.0. The highest BCUT2D eigenvalue weighted by Gasteiger charge is 2.06. The number of amides is 1. The molecule has 1 N–H and O–H groups in total. The van der Waals surface area contributed by atoms with Crippen molar-refractivity contribution in [2.45, 2.75) is 6.42 Å². The molecule has 2 aromatic rings. The molecule has 0 fully saturated rings. The molecule has 4 nitrogen and oxygen atoms in total. The van der Waals surface area contributed by atoms with Crippen LogP contribution >= 0.6 is 0 Å². The van der Waals surface area contributed by atoms with Crippen LogP contribution in [0.5, 0.6) is 0 Å². The Hall–Kier alpha value is -2.23. The van der Waals surface area contributed by atoms with E-state index < -0.39 is 0 Å². The minimum Gasteiger partial charge on any atom is -0.469 e. The van der Waals surface area contributed by atoms with E-state index in [4.69, 9.17) is 4.42 Å². The number of nitrogens with one attached hydrogen (secondary N) is 1. The van der Waals surface area contributed by atoms with Gasteiger partial charge in [-0.25, -0.2) is 0 Å². The van der Waals surface area contributed by atoms with Crippen LogP contribution in [0, 0.1) is 0 Å². The van der Waals surface area contributed by atoms with Gasteiger partial charge in [0.15, 0.2) is 0 Å². The fraction of sp³-hybridized carbons (Fsp3) is 0.214. The maximum absolute atomic E-state index is 11.7. The summed E-state index contributed by atoms with van der Waals surface area (Å²) in [5.41, 5.74) is 1.89. The van der Waals surface area contributed by atoms with E-state index in [0.717, 1.165) is 11.4 Å². The van der Waals surface area contributed by atoms with Crippen molar-refractivity contribution in [2.75, 3.05) is 24.3 Å². The van der Waals surface area contributed by atoms with Crippen molar-refractivity contribution in [1.29, 1.82) is 0 Å². The highest BCUT2D eigenvalue weighted by molar-refractivity contribution is 5.92. The largest absolute Gasteiger partial charge is 0.469 e. The van der Waals surface area contributed by atoms with Crippen molar-refractivity contribution in [3.63, 3.8) is 0 Å². The molecule has 0 unspecified atom stereocenters. The summed E-state index contributed by atoms with van der Waals surface area (Å²) in [4.78, 5) is 13.7. The van der Waals surface area contributed by atoms with E-state index in [0.29, 0.717) is 5.76 Å². The fourth-order valence-electron chi connectivity index (χ4n) is 1.62. The van der Waals surface area contributed by atoms with Crippen LogP contribution in [-0.2, 0) is 11.2 Å². The molecule has 0 bridgehead atoms. The lowest BCUT2D eigenvalue weighted by Crippen LogP contribution is -2.14. The van der Waals surface area contributed by atoms with Crippen LogP contribution in [0.25, 0.3) is 0 Å². The summed E-state index contributed by atoms with van der Waals surface area (Å²) in [6.07, 6.45) is 1.82. The van der Waals surface area contributed by atoms with Crippen LogP contribution in [-0.4, -0.2) is 20.0 Å². The van der Waals surface area contributed by atoms with Crippen LogP contribution in [0.3, 0.4) is 0 Å². The van der Waals surface area contributed by atoms with Crippen LogP contribution < -0.4 is 10.2 Å². The Balaban J connectivity index is 1.95. The number of hydrogen-bond acceptors (Lipinski definition) is 3. The predicted octanol–water partition coefficient (Wildman–Crippen LogP) is 2.53. The van der Waals surface area contributed by atoms with Gasteiger partial charge in [0.1, 0.15) is 5.76 Å². The zero-order valence-corrected chi connectivity index (χ0v) is 10.5. The van der Waals surface area contributed by atoms with Crippen molar-refractivity contribution in [3.8, 4) is 0 Å². The monoisotopic (exact) mass is 244 g/mol. The summed E-state index contributed by atoms with van der Waals surface area (Å²) in [6, 6.07) is 11.2. The molecule has 1 amide bonds. The molecule has 0 saturated heterocycles. The molecule has 0 radical (unpaired) electrons. The van der Waals surface area contributed by atoms with E-state index >= 15 is 0 Å². The van der Waals surface area contributed by atoms with E-state index in [9.17, 15) is 4.79 Å². The van der Waals surface area contributed by atoms with Gasteiger partial charge >= 0.3 is 0 Å². The normalized spacial score (nSPS) is 10.1. The van der Waals surface area contributed by atoms with Gasteiger partial charge in [0.2, 0.25) is 5.91 Å². The number of anilines is 2. The first kappa shape index (κ1) is 12.2. The third-order valence-electron chi connectivity index (χ3n) is 2.58. The van der Waals surface area contributed by atoms with Gasteiger partial charge in [-0.15, -0.1) is 0 Å². The average molecular weight is 244 g/mol. The van der Waals surface area contributed by atoms with E-state index in [1.807, 2.05) is 43.3 Å². The van der Waals surface area contributed by atoms with E-state index in [-0.39, 0.29) is 12.3 Å². The molecule has 0 atom stereocenters. The van der Waals surface area contributed by atoms with Crippen LogP contribution in [0.1, 0.15) is 5.76 Å². The summed E-state index contributed by atoms with van der Waals surface area (Å²) < 4.78 is 5.12. The van der Waals surface area contributed by atoms with Gasteiger partial charge in [-0.2, -0.15) is 0 Å². The number of rotatable bonds is 4. The quantitative estimate of drug-likeness (QED) is 0.899. The summed E-state index contributed by atoms with van der Waals surface area (Å²) in [6.45, 7) is 0. The third kappa shape index (κ3) is 3.13. The highest BCUT2D eigenvalue weighted by atomic mass is 16.3. The molecule has 0 spiro atoms. The van der Waals surface area contributed by atoms with Gasteiger partial charge in [-0.05, 0) is 36.4 Å². The predicted molar refractivity (Wildman–Crippen MR) is 71.8 cm³/mol. The van der Waals surface area contributed by atoms with Gasteiger partial charge in [0.05, 0.1) is 12.7 Å². The molecule has 0 saturated carbocycles. The smallest absolute Gasteiger partial charge is 0.231 e. The lowest BCUT2D eigenvalue weighted by atomic mass is 10.2. The summed E-state index contributed by atoms with van der Waals surface area (Å²) in [5, 5.41) is 2.83. The Kier molecular flexibility index (Phi) is 3.67. The molecular formula is C14H16N2O2. The molecule has 18 heavy (non-hydrogen) atoms. The second-order valence-electron chi connectivity index (χ2n) is 4.25. The summed E-state index contributed by atoms with van der Waals surface area (Å²) in [7, 11) is 3.95. The van der Waals surface area contributed by atoms with Gasteiger partial charge in [-0.1, -0.05) is 0 Å². The first-order valence-electron chi connectivity index (χ1n) is 5.75. The first-order chi connectivity index (χ1) is 8.65. The Bertz CT molecular complexity index is 501. The van der Waals surface area contributed by atoms with Gasteiger partial charge in [0.25, 0.3) is 0 Å². The number of benzene rings is 1. The minimum absolute atomic E-state index is 0.0810. The fourth-order valence-corrected chi connectivity index (χ4v) is 1.62. The van der Waals surface area contributed by atoms with E-state index in [1.165, 1.54) is 0 Å². The number of carbonyl (C=O) groups excluding carboxylic acids is 1. The lowest BCUT2D eigenvalue weighted by Gasteiger charge is -2.12. The Labute approximate surface area is 106 Å². The molecule has 94 valence electrons. The third-order valence-corrected chi connectivity index (χ3v) is 2.58. The van der Waals surface area contributed by atoms with Gasteiger partial charge in [-0.3, -0.25) is 4.79 Å². The molecule has 1 aromatic carbocycles. The van der Waals surface area contributed by atoms with Crippen molar-refractivity contribution < 1.29 is 9.21 Å². The van der Waals surface area contributed by atoms with E-state index in [1.54, 1.807) is 18.4 Å². The number of nitrogens with zero attached hydrogens (tertiary/aromatic N) is 1. The minimum atomic E-state index is -0.0810. The van der Waals surface area contributed by atoms with Gasteiger partial charge < -0.3 is 14.6 Å². The molecule has 1 heterocycles. The lowest BCUT2D eigenvalue weighted by molar-refractivity contribution is -0.115. The molecule has 0 aliphatic rings. The molecular weight excluding hydrogens is 228 g/mol. The molecule has 1 aromatic heterocycles. The van der Waals surface area contributed by atoms with Crippen molar-refractivity contribution in [2.24, 2.45) is 0 Å². The topological polar surface area (TPSA) is 45.5 Å². The van der Waals surface area contributed by atoms with Crippen molar-refractivity contribution in [1.82, 2.24) is 0 Å². The molecule has 0 aliphatic heterocycles. The Morgan fingerprint density at radius 2 is 1.94 bits per heavy atom. The number of carbonyl (C=O) groups is 1. The van der Waals surface area contributed by atoms with Crippen molar-refractivity contribution in [3.05, 3.63) is 48.4 Å².